The standard InChI is InChI=1S/C17H19F2NO5S2/c1-12(2)20(13-8-10-14(11-9-13)26(3,21)22)27(23,24)16-7-5-4-6-15(16)25-17(18)19/h4-12,17H,1-3H3. The first-order chi connectivity index (χ1) is 12.4. The van der Waals surface area contributed by atoms with Gasteiger partial charge in [-0.3, -0.25) is 4.31 Å². The molecule has 6 nitrogen and oxygen atoms in total. The molecule has 2 aromatic rings. The van der Waals surface area contributed by atoms with E-state index in [-0.39, 0.29) is 10.6 Å². The van der Waals surface area contributed by atoms with Crippen LogP contribution in [0.2, 0.25) is 0 Å². The average Bonchev–Trinajstić information content (AvgIpc) is 2.53. The summed E-state index contributed by atoms with van der Waals surface area (Å²) in [6.45, 7) is 0.0416. The van der Waals surface area contributed by atoms with E-state index in [1.807, 2.05) is 0 Å². The molecule has 0 spiro atoms. The molecule has 0 radical (unpaired) electrons. The van der Waals surface area contributed by atoms with Crippen LogP contribution in [0.25, 0.3) is 0 Å². The van der Waals surface area contributed by atoms with Gasteiger partial charge in [-0.05, 0) is 50.2 Å². The number of hydrogen-bond acceptors (Lipinski definition) is 5. The van der Waals surface area contributed by atoms with Crippen LogP contribution >= 0.6 is 0 Å². The lowest BCUT2D eigenvalue weighted by Gasteiger charge is -2.29. The highest BCUT2D eigenvalue weighted by atomic mass is 32.2. The van der Waals surface area contributed by atoms with Crippen molar-refractivity contribution in [2.24, 2.45) is 0 Å². The summed E-state index contributed by atoms with van der Waals surface area (Å²) in [6.07, 6.45) is 1.04. The number of sulfonamides is 1. The third-order valence-corrected chi connectivity index (χ3v) is 6.76. The minimum atomic E-state index is -4.25. The smallest absolute Gasteiger partial charge is 0.387 e. The Balaban J connectivity index is 2.57. The zero-order valence-electron chi connectivity index (χ0n) is 14.8. The van der Waals surface area contributed by atoms with E-state index in [2.05, 4.69) is 4.74 Å². The van der Waals surface area contributed by atoms with Gasteiger partial charge < -0.3 is 4.74 Å². The topological polar surface area (TPSA) is 80.8 Å². The van der Waals surface area contributed by atoms with E-state index in [0.717, 1.165) is 16.6 Å². The molecule has 0 aromatic heterocycles. The van der Waals surface area contributed by atoms with Crippen LogP contribution in [0.3, 0.4) is 0 Å². The molecule has 0 atom stereocenters. The Bertz CT molecular complexity index is 1000. The third-order valence-electron chi connectivity index (χ3n) is 3.59. The Morgan fingerprint density at radius 2 is 1.48 bits per heavy atom. The highest BCUT2D eigenvalue weighted by molar-refractivity contribution is 7.93. The number of anilines is 1. The van der Waals surface area contributed by atoms with Gasteiger partial charge in [0.2, 0.25) is 0 Å². The quantitative estimate of drug-likeness (QED) is 0.688. The van der Waals surface area contributed by atoms with Crippen LogP contribution in [0.5, 0.6) is 5.75 Å². The van der Waals surface area contributed by atoms with Gasteiger partial charge in [0.15, 0.2) is 9.84 Å². The van der Waals surface area contributed by atoms with Crippen LogP contribution in [0.15, 0.2) is 58.3 Å². The first kappa shape index (κ1) is 21.1. The number of alkyl halides is 2. The first-order valence-electron chi connectivity index (χ1n) is 7.83. The molecular formula is C17H19F2NO5S2. The Morgan fingerprint density at radius 3 is 1.96 bits per heavy atom. The normalized spacial score (nSPS) is 12.4. The largest absolute Gasteiger partial charge is 0.433 e. The second kappa shape index (κ2) is 7.81. The summed E-state index contributed by atoms with van der Waals surface area (Å²) in [4.78, 5) is -0.375. The summed E-state index contributed by atoms with van der Waals surface area (Å²) in [6, 6.07) is 9.81. The molecule has 0 saturated heterocycles. The van der Waals surface area contributed by atoms with Gasteiger partial charge in [-0.25, -0.2) is 16.8 Å². The monoisotopic (exact) mass is 419 g/mol. The molecule has 0 aliphatic rings. The van der Waals surface area contributed by atoms with E-state index in [9.17, 15) is 25.6 Å². The molecule has 148 valence electrons. The molecule has 0 heterocycles. The molecule has 0 fully saturated rings. The van der Waals surface area contributed by atoms with Gasteiger partial charge in [0.05, 0.1) is 10.6 Å². The van der Waals surface area contributed by atoms with Gasteiger partial charge in [0.25, 0.3) is 10.0 Å². The van der Waals surface area contributed by atoms with Crippen molar-refractivity contribution in [3.05, 3.63) is 48.5 Å². The minimum absolute atomic E-state index is 0.0359. The Morgan fingerprint density at radius 1 is 0.926 bits per heavy atom. The van der Waals surface area contributed by atoms with Crippen molar-refractivity contribution in [2.75, 3.05) is 10.6 Å². The number of para-hydroxylation sites is 1. The average molecular weight is 419 g/mol. The molecule has 0 bridgehead atoms. The summed E-state index contributed by atoms with van der Waals surface area (Å²) in [7, 11) is -7.70. The first-order valence-corrected chi connectivity index (χ1v) is 11.2. The summed E-state index contributed by atoms with van der Waals surface area (Å²) in [5.41, 5.74) is 0.198. The van der Waals surface area contributed by atoms with Crippen LogP contribution in [0.4, 0.5) is 14.5 Å². The molecule has 0 aliphatic carbocycles. The lowest BCUT2D eigenvalue weighted by Crippen LogP contribution is -2.37. The predicted molar refractivity (Wildman–Crippen MR) is 97.4 cm³/mol. The Kier molecular flexibility index (Phi) is 6.10. The number of benzene rings is 2. The fourth-order valence-corrected chi connectivity index (χ4v) is 4.93. The maximum Gasteiger partial charge on any atom is 0.387 e. The van der Waals surface area contributed by atoms with Crippen molar-refractivity contribution in [1.82, 2.24) is 0 Å². The van der Waals surface area contributed by atoms with Crippen molar-refractivity contribution in [2.45, 2.75) is 36.3 Å². The summed E-state index contributed by atoms with van der Waals surface area (Å²) in [5, 5.41) is 0. The SMILES string of the molecule is CC(C)N(c1ccc(S(C)(=O)=O)cc1)S(=O)(=O)c1ccccc1OC(F)F. The van der Waals surface area contributed by atoms with Crippen molar-refractivity contribution in [1.29, 1.82) is 0 Å². The molecule has 0 aliphatic heterocycles. The fourth-order valence-electron chi connectivity index (χ4n) is 2.52. The second-order valence-corrected chi connectivity index (χ2v) is 9.79. The summed E-state index contributed by atoms with van der Waals surface area (Å²) < 4.78 is 80.1. The third kappa shape index (κ3) is 4.75. The van der Waals surface area contributed by atoms with Gasteiger partial charge in [0, 0.05) is 12.3 Å². The maximum atomic E-state index is 13.1. The molecule has 0 amide bonds. The van der Waals surface area contributed by atoms with Gasteiger partial charge in [0.1, 0.15) is 10.6 Å². The van der Waals surface area contributed by atoms with Crippen molar-refractivity contribution >= 4 is 25.5 Å². The van der Waals surface area contributed by atoms with Crippen LogP contribution in [-0.4, -0.2) is 35.7 Å². The van der Waals surface area contributed by atoms with Crippen LogP contribution < -0.4 is 9.04 Å². The maximum absolute atomic E-state index is 13.1. The molecule has 10 heteroatoms. The van der Waals surface area contributed by atoms with Crippen molar-refractivity contribution in [3.8, 4) is 5.75 Å². The zero-order valence-corrected chi connectivity index (χ0v) is 16.5. The van der Waals surface area contributed by atoms with E-state index in [1.165, 1.54) is 42.5 Å². The lowest BCUT2D eigenvalue weighted by atomic mass is 10.3. The highest BCUT2D eigenvalue weighted by Gasteiger charge is 2.31. The van der Waals surface area contributed by atoms with Crippen LogP contribution in [-0.2, 0) is 19.9 Å². The van der Waals surface area contributed by atoms with Crippen LogP contribution in [0, 0.1) is 0 Å². The highest BCUT2D eigenvalue weighted by Crippen LogP contribution is 2.32. The summed E-state index contributed by atoms with van der Waals surface area (Å²) in [5.74, 6) is -0.467. The Hall–Kier alpha value is -2.20. The number of hydrogen-bond donors (Lipinski definition) is 0. The van der Waals surface area contributed by atoms with Crippen molar-refractivity contribution in [3.63, 3.8) is 0 Å². The second-order valence-electron chi connectivity index (χ2n) is 5.99. The molecule has 0 unspecified atom stereocenters. The van der Waals surface area contributed by atoms with Gasteiger partial charge in [-0.15, -0.1) is 0 Å². The lowest BCUT2D eigenvalue weighted by molar-refractivity contribution is -0.0517. The van der Waals surface area contributed by atoms with E-state index in [4.69, 9.17) is 0 Å². The molecule has 2 aromatic carbocycles. The fraction of sp³-hybridized carbons (Fsp3) is 0.294. The number of ether oxygens (including phenoxy) is 1. The molecule has 0 saturated carbocycles. The van der Waals surface area contributed by atoms with Gasteiger partial charge >= 0.3 is 6.61 Å². The molecule has 27 heavy (non-hydrogen) atoms. The summed E-state index contributed by atoms with van der Waals surface area (Å²) >= 11 is 0. The predicted octanol–water partition coefficient (Wildman–Crippen LogP) is 3.30. The zero-order chi connectivity index (χ0) is 20.4. The number of rotatable bonds is 7. The van der Waals surface area contributed by atoms with E-state index in [1.54, 1.807) is 13.8 Å². The van der Waals surface area contributed by atoms with E-state index >= 15 is 0 Å². The van der Waals surface area contributed by atoms with Crippen LogP contribution in [0.1, 0.15) is 13.8 Å². The van der Waals surface area contributed by atoms with Gasteiger partial charge in [-0.2, -0.15) is 8.78 Å². The molecular weight excluding hydrogens is 400 g/mol. The Labute approximate surface area is 157 Å². The van der Waals surface area contributed by atoms with Crippen molar-refractivity contribution < 1.29 is 30.4 Å². The van der Waals surface area contributed by atoms with E-state index in [0.29, 0.717) is 0 Å². The number of halogens is 2. The number of sulfone groups is 1. The van der Waals surface area contributed by atoms with Gasteiger partial charge in [-0.1, -0.05) is 12.1 Å². The molecule has 2 rings (SSSR count). The van der Waals surface area contributed by atoms with E-state index < -0.39 is 43.2 Å². The minimum Gasteiger partial charge on any atom is -0.433 e. The number of nitrogens with zero attached hydrogens (tertiary/aromatic N) is 1. The molecule has 0 N–H and O–H groups in total.